The van der Waals surface area contributed by atoms with Gasteiger partial charge in [0.25, 0.3) is 0 Å². The molecule has 0 saturated heterocycles. The molecule has 3 nitrogen and oxygen atoms in total. The predicted molar refractivity (Wildman–Crippen MR) is 71.7 cm³/mol. The van der Waals surface area contributed by atoms with Gasteiger partial charge >= 0.3 is 0 Å². The summed E-state index contributed by atoms with van der Waals surface area (Å²) in [5.74, 6) is 0.240. The van der Waals surface area contributed by atoms with Crippen molar-refractivity contribution in [2.24, 2.45) is 5.92 Å². The molecule has 1 unspecified atom stereocenters. The number of nitrogens with one attached hydrogen (secondary N) is 1. The Morgan fingerprint density at radius 2 is 1.82 bits per heavy atom. The van der Waals surface area contributed by atoms with Gasteiger partial charge in [-0.15, -0.1) is 11.6 Å². The fraction of sp³-hybridized carbons (Fsp3) is 0.500. The van der Waals surface area contributed by atoms with Crippen LogP contribution < -0.4 is 4.72 Å². The maximum absolute atomic E-state index is 11.6. The Bertz CT molecular complexity index is 431. The maximum Gasteiger partial charge on any atom is 0.211 e. The average Bonchev–Trinajstić information content (AvgIpc) is 2.25. The van der Waals surface area contributed by atoms with Crippen molar-refractivity contribution < 1.29 is 8.42 Å². The van der Waals surface area contributed by atoms with Crippen LogP contribution in [-0.4, -0.2) is 20.7 Å². The van der Waals surface area contributed by atoms with Crippen LogP contribution in [0.25, 0.3) is 0 Å². The molecule has 0 amide bonds. The maximum atomic E-state index is 11.6. The summed E-state index contributed by atoms with van der Waals surface area (Å²) in [5, 5.41) is -0.335. The van der Waals surface area contributed by atoms with E-state index < -0.39 is 10.0 Å². The van der Waals surface area contributed by atoms with Gasteiger partial charge in [0.2, 0.25) is 10.0 Å². The summed E-state index contributed by atoms with van der Waals surface area (Å²) < 4.78 is 25.7. The molecule has 0 heterocycles. The minimum atomic E-state index is -3.22. The van der Waals surface area contributed by atoms with Crippen LogP contribution in [0.3, 0.4) is 0 Å². The SMILES string of the molecule is CC(C)CS(=O)(=O)NCC(Cl)c1ccccc1. The van der Waals surface area contributed by atoms with E-state index in [1.54, 1.807) is 0 Å². The molecule has 0 aliphatic carbocycles. The molecule has 1 atom stereocenters. The first-order valence-corrected chi connectivity index (χ1v) is 7.66. The first-order valence-electron chi connectivity index (χ1n) is 5.57. The third-order valence-electron chi connectivity index (χ3n) is 2.20. The van der Waals surface area contributed by atoms with Gasteiger partial charge in [0.15, 0.2) is 0 Å². The highest BCUT2D eigenvalue weighted by molar-refractivity contribution is 7.89. The van der Waals surface area contributed by atoms with Crippen molar-refractivity contribution in [3.63, 3.8) is 0 Å². The number of benzene rings is 1. The van der Waals surface area contributed by atoms with Gasteiger partial charge in [-0.1, -0.05) is 44.2 Å². The average molecular weight is 276 g/mol. The van der Waals surface area contributed by atoms with E-state index in [4.69, 9.17) is 11.6 Å². The second-order valence-electron chi connectivity index (χ2n) is 4.40. The fourth-order valence-corrected chi connectivity index (χ4v) is 3.21. The molecule has 1 rings (SSSR count). The monoisotopic (exact) mass is 275 g/mol. The van der Waals surface area contributed by atoms with Crippen LogP contribution in [0, 0.1) is 5.92 Å². The molecule has 96 valence electrons. The Hall–Kier alpha value is -0.580. The van der Waals surface area contributed by atoms with E-state index in [0.717, 1.165) is 5.56 Å². The smallest absolute Gasteiger partial charge is 0.211 e. The summed E-state index contributed by atoms with van der Waals surface area (Å²) >= 11 is 6.12. The van der Waals surface area contributed by atoms with E-state index in [9.17, 15) is 8.42 Å². The number of sulfonamides is 1. The van der Waals surface area contributed by atoms with Gasteiger partial charge in [0.05, 0.1) is 11.1 Å². The summed E-state index contributed by atoms with van der Waals surface area (Å²) in [6, 6.07) is 9.43. The molecule has 0 aliphatic rings. The lowest BCUT2D eigenvalue weighted by Crippen LogP contribution is -2.31. The lowest BCUT2D eigenvalue weighted by molar-refractivity contribution is 0.567. The molecule has 0 aromatic heterocycles. The molecule has 0 spiro atoms. The summed E-state index contributed by atoms with van der Waals surface area (Å²) in [5.41, 5.74) is 0.918. The zero-order valence-corrected chi connectivity index (χ0v) is 11.6. The Morgan fingerprint density at radius 1 is 1.24 bits per heavy atom. The summed E-state index contributed by atoms with van der Waals surface area (Å²) in [4.78, 5) is 0. The van der Waals surface area contributed by atoms with Crippen molar-refractivity contribution in [1.82, 2.24) is 4.72 Å². The highest BCUT2D eigenvalue weighted by Crippen LogP contribution is 2.18. The molecular formula is C12H18ClNO2S. The van der Waals surface area contributed by atoms with Crippen molar-refractivity contribution in [1.29, 1.82) is 0 Å². The van der Waals surface area contributed by atoms with Crippen LogP contribution in [0.2, 0.25) is 0 Å². The Balaban J connectivity index is 2.51. The van der Waals surface area contributed by atoms with Crippen molar-refractivity contribution >= 4 is 21.6 Å². The fourth-order valence-electron chi connectivity index (χ4n) is 1.48. The lowest BCUT2D eigenvalue weighted by atomic mass is 10.1. The molecule has 1 aromatic rings. The van der Waals surface area contributed by atoms with Crippen LogP contribution in [-0.2, 0) is 10.0 Å². The lowest BCUT2D eigenvalue weighted by Gasteiger charge is -2.12. The summed E-state index contributed by atoms with van der Waals surface area (Å²) in [6.45, 7) is 3.96. The minimum absolute atomic E-state index is 0.109. The van der Waals surface area contributed by atoms with Gasteiger partial charge in [-0.3, -0.25) is 0 Å². The van der Waals surface area contributed by atoms with Crippen molar-refractivity contribution in [2.45, 2.75) is 19.2 Å². The van der Waals surface area contributed by atoms with Gasteiger partial charge in [-0.25, -0.2) is 13.1 Å². The quantitative estimate of drug-likeness (QED) is 0.811. The Morgan fingerprint density at radius 3 is 2.35 bits per heavy atom. The van der Waals surface area contributed by atoms with Crippen LogP contribution >= 0.6 is 11.6 Å². The molecule has 0 saturated carbocycles. The molecule has 0 aliphatic heterocycles. The zero-order valence-electron chi connectivity index (χ0n) is 10.1. The molecule has 1 N–H and O–H groups in total. The second-order valence-corrected chi connectivity index (χ2v) is 6.78. The normalized spacial score (nSPS) is 13.9. The molecule has 5 heteroatoms. The highest BCUT2D eigenvalue weighted by atomic mass is 35.5. The molecule has 1 aromatic carbocycles. The van der Waals surface area contributed by atoms with E-state index in [-0.39, 0.29) is 23.6 Å². The third kappa shape index (κ3) is 5.52. The van der Waals surface area contributed by atoms with Crippen LogP contribution in [0.4, 0.5) is 0 Å². The molecule has 0 bridgehead atoms. The number of hydrogen-bond donors (Lipinski definition) is 1. The van der Waals surface area contributed by atoms with Crippen molar-refractivity contribution in [3.8, 4) is 0 Å². The second kappa shape index (κ2) is 6.38. The van der Waals surface area contributed by atoms with Crippen molar-refractivity contribution in [2.75, 3.05) is 12.3 Å². The standard InChI is InChI=1S/C12H18ClNO2S/c1-10(2)9-17(15,16)14-8-12(13)11-6-4-3-5-7-11/h3-7,10,12,14H,8-9H2,1-2H3. The number of halogens is 1. The third-order valence-corrected chi connectivity index (χ3v) is 4.31. The van der Waals surface area contributed by atoms with Gasteiger partial charge < -0.3 is 0 Å². The summed E-state index contributed by atoms with van der Waals surface area (Å²) in [6.07, 6.45) is 0. The number of hydrogen-bond acceptors (Lipinski definition) is 2. The van der Waals surface area contributed by atoms with Gasteiger partial charge in [-0.2, -0.15) is 0 Å². The van der Waals surface area contributed by atoms with E-state index in [0.29, 0.717) is 0 Å². The van der Waals surface area contributed by atoms with Crippen LogP contribution in [0.1, 0.15) is 24.8 Å². The van der Waals surface area contributed by atoms with Gasteiger partial charge in [0, 0.05) is 6.54 Å². The molecule has 0 radical (unpaired) electrons. The topological polar surface area (TPSA) is 46.2 Å². The van der Waals surface area contributed by atoms with Crippen LogP contribution in [0.15, 0.2) is 30.3 Å². The molecule has 0 fully saturated rings. The van der Waals surface area contributed by atoms with E-state index in [1.807, 2.05) is 44.2 Å². The zero-order chi connectivity index (χ0) is 12.9. The number of rotatable bonds is 6. The predicted octanol–water partition coefficient (Wildman–Crippen LogP) is 2.54. The van der Waals surface area contributed by atoms with E-state index >= 15 is 0 Å². The van der Waals surface area contributed by atoms with Crippen LogP contribution in [0.5, 0.6) is 0 Å². The van der Waals surface area contributed by atoms with E-state index in [1.165, 1.54) is 0 Å². The Kier molecular flexibility index (Phi) is 5.43. The summed E-state index contributed by atoms with van der Waals surface area (Å²) in [7, 11) is -3.22. The Labute approximate surface area is 108 Å². The first-order chi connectivity index (χ1) is 7.91. The first kappa shape index (κ1) is 14.5. The van der Waals surface area contributed by atoms with Gasteiger partial charge in [0.1, 0.15) is 0 Å². The number of alkyl halides is 1. The van der Waals surface area contributed by atoms with Gasteiger partial charge in [-0.05, 0) is 11.5 Å². The van der Waals surface area contributed by atoms with Crippen molar-refractivity contribution in [3.05, 3.63) is 35.9 Å². The minimum Gasteiger partial charge on any atom is -0.213 e. The molecule has 17 heavy (non-hydrogen) atoms. The largest absolute Gasteiger partial charge is 0.213 e. The van der Waals surface area contributed by atoms with E-state index in [2.05, 4.69) is 4.72 Å². The highest BCUT2D eigenvalue weighted by Gasteiger charge is 2.15. The molecular weight excluding hydrogens is 258 g/mol.